The molecule has 0 aliphatic carbocycles. The van der Waals surface area contributed by atoms with Gasteiger partial charge in [0.05, 0.1) is 25.4 Å². The van der Waals surface area contributed by atoms with Crippen molar-refractivity contribution < 1.29 is 14.3 Å². The highest BCUT2D eigenvalue weighted by atomic mass is 127. The van der Waals surface area contributed by atoms with Crippen LogP contribution in [0.25, 0.3) is 0 Å². The summed E-state index contributed by atoms with van der Waals surface area (Å²) in [5.41, 5.74) is 7.24. The first-order chi connectivity index (χ1) is 13.1. The van der Waals surface area contributed by atoms with E-state index in [1.807, 2.05) is 50.2 Å². The van der Waals surface area contributed by atoms with E-state index in [4.69, 9.17) is 15.2 Å². The Morgan fingerprint density at radius 2 is 1.79 bits per heavy atom. The maximum Gasteiger partial charge on any atom is 0.251 e. The van der Waals surface area contributed by atoms with Crippen molar-refractivity contribution >= 4 is 41.5 Å². The number of hydrogen-bond acceptors (Lipinski definition) is 4. The maximum absolute atomic E-state index is 12.0. The normalized spacial score (nSPS) is 10.6. The van der Waals surface area contributed by atoms with Crippen molar-refractivity contribution in [3.8, 4) is 11.5 Å². The minimum Gasteiger partial charge on any atom is -0.494 e. The van der Waals surface area contributed by atoms with Gasteiger partial charge in [-0.2, -0.15) is 0 Å². The number of rotatable bonds is 9. The van der Waals surface area contributed by atoms with Crippen LogP contribution in [0, 0.1) is 0 Å². The molecule has 2 rings (SSSR count). The van der Waals surface area contributed by atoms with Crippen molar-refractivity contribution in [2.75, 3.05) is 31.6 Å². The number of nitrogens with one attached hydrogen (secondary N) is 2. The van der Waals surface area contributed by atoms with Crippen LogP contribution in [-0.2, 0) is 0 Å². The molecule has 0 heterocycles. The van der Waals surface area contributed by atoms with Gasteiger partial charge in [0.25, 0.3) is 5.91 Å². The van der Waals surface area contributed by atoms with Crippen LogP contribution in [0.3, 0.4) is 0 Å². The number of aliphatic imine (C=N–C) groups is 1. The molecule has 0 atom stereocenters. The Balaban J connectivity index is 0.00000392. The Labute approximate surface area is 182 Å². The van der Waals surface area contributed by atoms with E-state index in [1.54, 1.807) is 12.1 Å². The third kappa shape index (κ3) is 7.63. The summed E-state index contributed by atoms with van der Waals surface area (Å²) < 4.78 is 11.1. The lowest BCUT2D eigenvalue weighted by atomic mass is 10.2. The number of halogens is 1. The third-order valence-corrected chi connectivity index (χ3v) is 3.54. The minimum absolute atomic E-state index is 0. The molecule has 0 radical (unpaired) electrons. The van der Waals surface area contributed by atoms with Gasteiger partial charge in [-0.3, -0.25) is 9.79 Å². The average Bonchev–Trinajstić information content (AvgIpc) is 2.68. The van der Waals surface area contributed by atoms with Crippen molar-refractivity contribution in [1.29, 1.82) is 0 Å². The smallest absolute Gasteiger partial charge is 0.251 e. The van der Waals surface area contributed by atoms with E-state index in [0.717, 1.165) is 0 Å². The van der Waals surface area contributed by atoms with Crippen LogP contribution in [0.2, 0.25) is 0 Å². The van der Waals surface area contributed by atoms with Crippen LogP contribution < -0.4 is 25.8 Å². The summed E-state index contributed by atoms with van der Waals surface area (Å²) in [5, 5.41) is 5.83. The van der Waals surface area contributed by atoms with Crippen molar-refractivity contribution in [2.45, 2.75) is 13.8 Å². The Hall–Kier alpha value is -2.49. The molecular weight excluding hydrogens is 471 g/mol. The van der Waals surface area contributed by atoms with Gasteiger partial charge in [-0.15, -0.1) is 24.0 Å². The Morgan fingerprint density at radius 1 is 1.07 bits per heavy atom. The largest absolute Gasteiger partial charge is 0.494 e. The molecule has 0 unspecified atom stereocenters. The zero-order chi connectivity index (χ0) is 19.5. The molecule has 0 aromatic heterocycles. The number of carbonyl (C=O) groups excluding carboxylic acids is 1. The number of carbonyl (C=O) groups is 1. The standard InChI is InChI=1S/C20H26N4O3.HI/c1-3-26-16-10-11-18(27-4-2)17(14-16)24-20(21)23-13-12-22-19(25)15-8-6-5-7-9-15;/h5-11,14H,3-4,12-13H2,1-2H3,(H,22,25)(H3,21,23,24);1H. The zero-order valence-electron chi connectivity index (χ0n) is 16.1. The summed E-state index contributed by atoms with van der Waals surface area (Å²) in [6, 6.07) is 14.5. The van der Waals surface area contributed by atoms with Crippen LogP contribution in [-0.4, -0.2) is 38.2 Å². The van der Waals surface area contributed by atoms with Gasteiger partial charge >= 0.3 is 0 Å². The molecule has 4 N–H and O–H groups in total. The van der Waals surface area contributed by atoms with Gasteiger partial charge in [0, 0.05) is 18.2 Å². The third-order valence-electron chi connectivity index (χ3n) is 3.54. The number of benzene rings is 2. The van der Waals surface area contributed by atoms with Gasteiger partial charge in [0.1, 0.15) is 11.5 Å². The SMILES string of the molecule is CCOc1ccc(OCC)c(NC(N)=NCCNC(=O)c2ccccc2)c1.I. The number of nitrogens with zero attached hydrogens (tertiary/aromatic N) is 1. The second-order valence-corrected chi connectivity index (χ2v) is 5.54. The predicted octanol–water partition coefficient (Wildman–Crippen LogP) is 3.26. The molecule has 0 saturated heterocycles. The molecule has 0 fully saturated rings. The molecule has 152 valence electrons. The molecule has 28 heavy (non-hydrogen) atoms. The second kappa shape index (κ2) is 12.8. The first kappa shape index (κ1) is 23.5. The average molecular weight is 498 g/mol. The van der Waals surface area contributed by atoms with E-state index in [0.29, 0.717) is 49.1 Å². The van der Waals surface area contributed by atoms with E-state index >= 15 is 0 Å². The second-order valence-electron chi connectivity index (χ2n) is 5.54. The number of nitrogens with two attached hydrogens (primary N) is 1. The lowest BCUT2D eigenvalue weighted by Crippen LogP contribution is -2.28. The van der Waals surface area contributed by atoms with Crippen LogP contribution in [0.15, 0.2) is 53.5 Å². The Morgan fingerprint density at radius 3 is 2.46 bits per heavy atom. The molecule has 7 nitrogen and oxygen atoms in total. The van der Waals surface area contributed by atoms with Crippen LogP contribution in [0.5, 0.6) is 11.5 Å². The van der Waals surface area contributed by atoms with Crippen molar-refractivity contribution in [1.82, 2.24) is 5.32 Å². The molecule has 0 spiro atoms. The minimum atomic E-state index is -0.139. The van der Waals surface area contributed by atoms with Crippen LogP contribution in [0.4, 0.5) is 5.69 Å². The maximum atomic E-state index is 12.0. The first-order valence-electron chi connectivity index (χ1n) is 8.93. The number of ether oxygens (including phenoxy) is 2. The molecule has 0 aliphatic rings. The highest BCUT2D eigenvalue weighted by molar-refractivity contribution is 14.0. The molecule has 1 amide bonds. The van der Waals surface area contributed by atoms with E-state index in [9.17, 15) is 4.79 Å². The fourth-order valence-corrected chi connectivity index (χ4v) is 2.36. The monoisotopic (exact) mass is 498 g/mol. The van der Waals surface area contributed by atoms with Gasteiger partial charge in [-0.1, -0.05) is 18.2 Å². The van der Waals surface area contributed by atoms with Crippen LogP contribution in [0.1, 0.15) is 24.2 Å². The van der Waals surface area contributed by atoms with Gasteiger partial charge < -0.3 is 25.8 Å². The zero-order valence-corrected chi connectivity index (χ0v) is 18.4. The quantitative estimate of drug-likeness (QED) is 0.214. The van der Waals surface area contributed by atoms with E-state index in [-0.39, 0.29) is 35.8 Å². The first-order valence-corrected chi connectivity index (χ1v) is 8.93. The molecule has 0 saturated carbocycles. The Bertz CT molecular complexity index is 769. The van der Waals surface area contributed by atoms with Gasteiger partial charge in [0.15, 0.2) is 5.96 Å². The molecule has 0 bridgehead atoms. The summed E-state index contributed by atoms with van der Waals surface area (Å²) in [6.07, 6.45) is 0. The molecule has 0 aliphatic heterocycles. The fraction of sp³-hybridized carbons (Fsp3) is 0.300. The highest BCUT2D eigenvalue weighted by Crippen LogP contribution is 2.29. The summed E-state index contributed by atoms with van der Waals surface area (Å²) in [4.78, 5) is 16.2. The molecule has 8 heteroatoms. The van der Waals surface area contributed by atoms with Crippen LogP contribution >= 0.6 is 24.0 Å². The van der Waals surface area contributed by atoms with E-state index in [2.05, 4.69) is 15.6 Å². The summed E-state index contributed by atoms with van der Waals surface area (Å²) >= 11 is 0. The molecular formula is C20H27IN4O3. The summed E-state index contributed by atoms with van der Waals surface area (Å²) in [6.45, 7) is 5.67. The lowest BCUT2D eigenvalue weighted by molar-refractivity contribution is 0.0955. The molecule has 2 aromatic rings. The number of hydrogen-bond donors (Lipinski definition) is 3. The lowest BCUT2D eigenvalue weighted by Gasteiger charge is -2.14. The Kier molecular flexibility index (Phi) is 10.8. The fourth-order valence-electron chi connectivity index (χ4n) is 2.36. The molecule has 2 aromatic carbocycles. The topological polar surface area (TPSA) is 98.0 Å². The number of anilines is 1. The summed E-state index contributed by atoms with van der Waals surface area (Å²) in [7, 11) is 0. The van der Waals surface area contributed by atoms with E-state index < -0.39 is 0 Å². The number of amides is 1. The van der Waals surface area contributed by atoms with Crippen molar-refractivity contribution in [3.63, 3.8) is 0 Å². The highest BCUT2D eigenvalue weighted by Gasteiger charge is 2.07. The van der Waals surface area contributed by atoms with E-state index in [1.165, 1.54) is 0 Å². The van der Waals surface area contributed by atoms with Gasteiger partial charge in [-0.05, 0) is 38.1 Å². The van der Waals surface area contributed by atoms with Crippen molar-refractivity contribution in [2.24, 2.45) is 10.7 Å². The van der Waals surface area contributed by atoms with Gasteiger partial charge in [-0.25, -0.2) is 0 Å². The van der Waals surface area contributed by atoms with Crippen molar-refractivity contribution in [3.05, 3.63) is 54.1 Å². The summed E-state index contributed by atoms with van der Waals surface area (Å²) in [5.74, 6) is 1.47. The van der Waals surface area contributed by atoms with Gasteiger partial charge in [0.2, 0.25) is 0 Å². The number of guanidine groups is 1. The predicted molar refractivity (Wildman–Crippen MR) is 123 cm³/mol.